The number of esters is 1. The summed E-state index contributed by atoms with van der Waals surface area (Å²) >= 11 is 6.23. The molecule has 29 heavy (non-hydrogen) atoms. The van der Waals surface area contributed by atoms with E-state index in [9.17, 15) is 9.59 Å². The van der Waals surface area contributed by atoms with Crippen LogP contribution in [0.2, 0.25) is 0 Å². The van der Waals surface area contributed by atoms with Gasteiger partial charge in [0.2, 0.25) is 5.78 Å². The van der Waals surface area contributed by atoms with Gasteiger partial charge in [-0.05, 0) is 41.8 Å². The molecule has 1 unspecified atom stereocenters. The number of nitrogens with zero attached hydrogens (tertiary/aromatic N) is 1. The summed E-state index contributed by atoms with van der Waals surface area (Å²) in [5.74, 6) is -0.0208. The molecule has 0 N–H and O–H groups in total. The lowest BCUT2D eigenvalue weighted by atomic mass is 10.0. The summed E-state index contributed by atoms with van der Waals surface area (Å²) in [6, 6.07) is 15.7. The molecule has 5 nitrogen and oxygen atoms in total. The van der Waals surface area contributed by atoms with E-state index < -0.39 is 11.3 Å². The van der Waals surface area contributed by atoms with Crippen LogP contribution in [-0.2, 0) is 4.79 Å². The molecule has 0 aliphatic carbocycles. The zero-order valence-corrected chi connectivity index (χ0v) is 16.2. The minimum Gasteiger partial charge on any atom is -0.452 e. The third-order valence-corrected chi connectivity index (χ3v) is 4.87. The Labute approximate surface area is 172 Å². The molecule has 2 aromatic carbocycles. The van der Waals surface area contributed by atoms with Gasteiger partial charge in [-0.15, -0.1) is 11.6 Å². The van der Waals surface area contributed by atoms with Crippen molar-refractivity contribution >= 4 is 29.4 Å². The second kappa shape index (κ2) is 7.89. The third kappa shape index (κ3) is 3.91. The van der Waals surface area contributed by atoms with Gasteiger partial charge in [0.25, 0.3) is 0 Å². The summed E-state index contributed by atoms with van der Waals surface area (Å²) in [5.41, 5.74) is 2.49. The molecule has 1 aromatic heterocycles. The van der Waals surface area contributed by atoms with Crippen LogP contribution in [0.1, 0.15) is 32.4 Å². The Bertz CT molecular complexity index is 1110. The van der Waals surface area contributed by atoms with Gasteiger partial charge in [0.15, 0.2) is 11.1 Å². The lowest BCUT2D eigenvalue weighted by molar-refractivity contribution is -0.134. The minimum atomic E-state index is -0.937. The molecule has 0 saturated heterocycles. The minimum absolute atomic E-state index is 0.194. The number of ether oxygens (including phenoxy) is 2. The topological polar surface area (TPSA) is 65.5 Å². The molecule has 0 radical (unpaired) electrons. The van der Waals surface area contributed by atoms with E-state index in [2.05, 4.69) is 4.98 Å². The van der Waals surface area contributed by atoms with Crippen molar-refractivity contribution in [1.29, 1.82) is 0 Å². The molecule has 0 fully saturated rings. The Hall–Kier alpha value is -3.44. The van der Waals surface area contributed by atoms with Gasteiger partial charge in [-0.2, -0.15) is 0 Å². The van der Waals surface area contributed by atoms with E-state index >= 15 is 0 Å². The van der Waals surface area contributed by atoms with Crippen molar-refractivity contribution in [1.82, 2.24) is 4.98 Å². The van der Waals surface area contributed by atoms with Crippen LogP contribution in [0.4, 0.5) is 0 Å². The van der Waals surface area contributed by atoms with Crippen LogP contribution in [-0.4, -0.2) is 16.7 Å². The van der Waals surface area contributed by atoms with Gasteiger partial charge in [0.05, 0.1) is 5.56 Å². The van der Waals surface area contributed by atoms with Crippen LogP contribution in [0, 0.1) is 6.92 Å². The summed E-state index contributed by atoms with van der Waals surface area (Å²) in [5, 5.41) is -0.937. The summed E-state index contributed by atoms with van der Waals surface area (Å²) in [6.45, 7) is 1.76. The number of pyridine rings is 1. The molecule has 1 aliphatic heterocycles. The first-order valence-electron chi connectivity index (χ1n) is 8.92. The third-order valence-electron chi connectivity index (χ3n) is 4.44. The molecular formula is C23H16ClNO4. The molecule has 3 aromatic rings. The molecule has 0 bridgehead atoms. The normalized spacial score (nSPS) is 15.0. The highest BCUT2D eigenvalue weighted by atomic mass is 35.5. The molecule has 1 atom stereocenters. The van der Waals surface area contributed by atoms with E-state index in [0.717, 1.165) is 5.56 Å². The maximum atomic E-state index is 12.7. The van der Waals surface area contributed by atoms with Crippen LogP contribution in [0.15, 0.2) is 72.8 Å². The van der Waals surface area contributed by atoms with Crippen LogP contribution < -0.4 is 9.47 Å². The summed E-state index contributed by atoms with van der Waals surface area (Å²) < 4.78 is 11.2. The summed E-state index contributed by atoms with van der Waals surface area (Å²) in [6.07, 6.45) is 4.92. The van der Waals surface area contributed by atoms with Gasteiger partial charge in [0, 0.05) is 18.5 Å². The maximum Gasteiger partial charge on any atom is 0.334 e. The zero-order valence-electron chi connectivity index (χ0n) is 15.5. The Morgan fingerprint density at radius 2 is 1.97 bits per heavy atom. The van der Waals surface area contributed by atoms with E-state index in [0.29, 0.717) is 22.4 Å². The fraction of sp³-hybridized carbons (Fsp3) is 0.0870. The number of aromatic nitrogens is 1. The number of fused-ring (bicyclic) bond motifs is 1. The van der Waals surface area contributed by atoms with Gasteiger partial charge in [-0.1, -0.05) is 36.4 Å². The molecule has 2 heterocycles. The van der Waals surface area contributed by atoms with Gasteiger partial charge < -0.3 is 9.47 Å². The number of rotatable bonds is 4. The fourth-order valence-electron chi connectivity index (χ4n) is 3.08. The van der Waals surface area contributed by atoms with Gasteiger partial charge in [-0.3, -0.25) is 9.78 Å². The molecule has 0 saturated carbocycles. The Morgan fingerprint density at radius 3 is 2.69 bits per heavy atom. The molecule has 6 heteroatoms. The highest BCUT2D eigenvalue weighted by Gasteiger charge is 2.30. The lowest BCUT2D eigenvalue weighted by Crippen LogP contribution is -2.14. The van der Waals surface area contributed by atoms with Gasteiger partial charge >= 0.3 is 5.97 Å². The largest absolute Gasteiger partial charge is 0.452 e. The van der Waals surface area contributed by atoms with Crippen LogP contribution >= 0.6 is 11.6 Å². The van der Waals surface area contributed by atoms with E-state index in [4.69, 9.17) is 21.1 Å². The molecule has 4 rings (SSSR count). The van der Waals surface area contributed by atoms with Crippen LogP contribution in [0.5, 0.6) is 11.5 Å². The van der Waals surface area contributed by atoms with Crippen molar-refractivity contribution in [3.8, 4) is 11.5 Å². The van der Waals surface area contributed by atoms with E-state index in [-0.39, 0.29) is 17.3 Å². The number of Topliss-reactive ketones (excluding diaryl/α,β-unsaturated/α-hetero) is 1. The number of hydrogen-bond acceptors (Lipinski definition) is 5. The maximum absolute atomic E-state index is 12.7. The predicted molar refractivity (Wildman–Crippen MR) is 109 cm³/mol. The number of hydrogen-bond donors (Lipinski definition) is 0. The Balaban J connectivity index is 1.57. The van der Waals surface area contributed by atoms with Crippen LogP contribution in [0.3, 0.4) is 0 Å². The lowest BCUT2D eigenvalue weighted by Gasteiger charge is -2.11. The average molecular weight is 406 g/mol. The van der Waals surface area contributed by atoms with Crippen molar-refractivity contribution in [3.63, 3.8) is 0 Å². The quantitative estimate of drug-likeness (QED) is 0.267. The molecular weight excluding hydrogens is 390 g/mol. The SMILES string of the molecule is Cc1cc(OC(=O)C(Cl)c2ccccc2)cc2c1C(=O)/C(=C/c1cccnc1)O2. The smallest absolute Gasteiger partial charge is 0.334 e. The van der Waals surface area contributed by atoms with E-state index in [1.807, 2.05) is 12.1 Å². The number of carbonyl (C=O) groups excluding carboxylic acids is 2. The predicted octanol–water partition coefficient (Wildman–Crippen LogP) is 4.89. The number of ketones is 1. The van der Waals surface area contributed by atoms with Crippen molar-refractivity contribution < 1.29 is 19.1 Å². The average Bonchev–Trinajstić information content (AvgIpc) is 3.04. The standard InChI is InChI=1S/C23H16ClNO4/c1-14-10-17(28-23(27)21(24)16-7-3-2-4-8-16)12-18-20(14)22(26)19(29-18)11-15-6-5-9-25-13-15/h2-13,21H,1H3/b19-11-. The first kappa shape index (κ1) is 18.9. The fourth-order valence-corrected chi connectivity index (χ4v) is 3.27. The number of halogens is 1. The number of allylic oxidation sites excluding steroid dienone is 1. The number of aryl methyl sites for hydroxylation is 1. The highest BCUT2D eigenvalue weighted by Crippen LogP contribution is 2.38. The van der Waals surface area contributed by atoms with Crippen molar-refractivity contribution in [2.24, 2.45) is 0 Å². The first-order valence-corrected chi connectivity index (χ1v) is 9.36. The molecule has 1 aliphatic rings. The monoisotopic (exact) mass is 405 g/mol. The molecule has 144 valence electrons. The van der Waals surface area contributed by atoms with Gasteiger partial charge in [-0.25, -0.2) is 4.79 Å². The second-order valence-corrected chi connectivity index (χ2v) is 6.97. The molecule has 0 amide bonds. The summed E-state index contributed by atoms with van der Waals surface area (Å²) in [4.78, 5) is 29.1. The van der Waals surface area contributed by atoms with E-state index in [1.54, 1.807) is 61.8 Å². The zero-order chi connectivity index (χ0) is 20.4. The second-order valence-electron chi connectivity index (χ2n) is 6.53. The number of benzene rings is 2. The molecule has 0 spiro atoms. The van der Waals surface area contributed by atoms with Crippen molar-refractivity contribution in [2.45, 2.75) is 12.3 Å². The van der Waals surface area contributed by atoms with Gasteiger partial charge in [0.1, 0.15) is 11.5 Å². The Kier molecular flexibility index (Phi) is 5.14. The summed E-state index contributed by atoms with van der Waals surface area (Å²) in [7, 11) is 0. The first-order chi connectivity index (χ1) is 14.0. The van der Waals surface area contributed by atoms with Crippen molar-refractivity contribution in [2.75, 3.05) is 0 Å². The highest BCUT2D eigenvalue weighted by molar-refractivity contribution is 6.30. The van der Waals surface area contributed by atoms with E-state index in [1.165, 1.54) is 6.07 Å². The Morgan fingerprint density at radius 1 is 1.17 bits per heavy atom. The van der Waals surface area contributed by atoms with Crippen molar-refractivity contribution in [3.05, 3.63) is 95.0 Å². The number of carbonyl (C=O) groups is 2. The number of alkyl halides is 1. The van der Waals surface area contributed by atoms with Crippen LogP contribution in [0.25, 0.3) is 6.08 Å².